The molecule has 0 spiro atoms. The lowest BCUT2D eigenvalue weighted by Crippen LogP contribution is -2.20. The number of anilines is 1. The molecule has 1 aliphatic rings. The number of rotatable bonds is 4. The van der Waals surface area contributed by atoms with Crippen LogP contribution in [0.25, 0.3) is 23.0 Å². The molecule has 0 N–H and O–H groups in total. The largest absolute Gasteiger partial charge is 0.462 e. The maximum Gasteiger partial charge on any atom is 0.338 e. The minimum Gasteiger partial charge on any atom is -0.462 e. The molecule has 0 unspecified atom stereocenters. The van der Waals surface area contributed by atoms with E-state index in [1.165, 1.54) is 0 Å². The maximum absolute atomic E-state index is 12.6. The van der Waals surface area contributed by atoms with Gasteiger partial charge in [0.25, 0.3) is 5.91 Å². The number of carbonyl (C=O) groups excluding carboxylic acids is 2. The molecule has 0 bridgehead atoms. The number of hydrogen-bond donors (Lipinski definition) is 0. The second kappa shape index (κ2) is 7.19. The summed E-state index contributed by atoms with van der Waals surface area (Å²) in [5.41, 5.74) is 3.73. The molecule has 4 rings (SSSR count). The van der Waals surface area contributed by atoms with E-state index in [1.807, 2.05) is 48.5 Å². The van der Waals surface area contributed by atoms with Gasteiger partial charge in [-0.2, -0.15) is 0 Å². The van der Waals surface area contributed by atoms with Gasteiger partial charge < -0.3 is 14.1 Å². The molecule has 3 aromatic rings. The van der Waals surface area contributed by atoms with E-state index in [2.05, 4.69) is 0 Å². The van der Waals surface area contributed by atoms with Crippen LogP contribution in [-0.2, 0) is 9.53 Å². The van der Waals surface area contributed by atoms with Crippen LogP contribution in [0.4, 0.5) is 5.69 Å². The number of hydrogen-bond acceptors (Lipinski definition) is 4. The van der Waals surface area contributed by atoms with Gasteiger partial charge >= 0.3 is 5.97 Å². The van der Waals surface area contributed by atoms with Gasteiger partial charge in [0.1, 0.15) is 11.5 Å². The number of esters is 1. The minimum absolute atomic E-state index is 0.0575. The number of para-hydroxylation sites is 1. The first-order chi connectivity index (χ1) is 13.6. The van der Waals surface area contributed by atoms with Gasteiger partial charge in [-0.3, -0.25) is 4.79 Å². The van der Waals surface area contributed by atoms with Crippen molar-refractivity contribution in [3.63, 3.8) is 0 Å². The number of amides is 1. The second-order valence-corrected chi connectivity index (χ2v) is 6.44. The molecule has 1 aromatic heterocycles. The number of fused-ring (bicyclic) bond motifs is 1. The summed E-state index contributed by atoms with van der Waals surface area (Å²) in [5.74, 6) is 0.853. The van der Waals surface area contributed by atoms with Crippen molar-refractivity contribution >= 4 is 29.2 Å². The summed E-state index contributed by atoms with van der Waals surface area (Å²) in [6.07, 6.45) is 1.77. The van der Waals surface area contributed by atoms with Crippen molar-refractivity contribution in [1.29, 1.82) is 0 Å². The molecule has 140 valence electrons. The fourth-order valence-electron chi connectivity index (χ4n) is 3.25. The maximum atomic E-state index is 12.6. The normalized spacial score (nSPS) is 14.4. The van der Waals surface area contributed by atoms with Crippen LogP contribution in [0.2, 0.25) is 0 Å². The third-order valence-electron chi connectivity index (χ3n) is 4.68. The summed E-state index contributed by atoms with van der Waals surface area (Å²) in [6.45, 7) is 2.12. The van der Waals surface area contributed by atoms with E-state index in [0.717, 1.165) is 16.8 Å². The Bertz CT molecular complexity index is 1080. The van der Waals surface area contributed by atoms with Crippen molar-refractivity contribution in [2.45, 2.75) is 6.92 Å². The lowest BCUT2D eigenvalue weighted by molar-refractivity contribution is -0.112. The number of ether oxygens (including phenoxy) is 1. The Balaban J connectivity index is 1.61. The smallest absolute Gasteiger partial charge is 0.338 e. The van der Waals surface area contributed by atoms with Gasteiger partial charge in [0.15, 0.2) is 0 Å². The lowest BCUT2D eigenvalue weighted by Gasteiger charge is -2.07. The molecule has 1 aliphatic heterocycles. The van der Waals surface area contributed by atoms with Crippen LogP contribution >= 0.6 is 0 Å². The van der Waals surface area contributed by atoms with Crippen LogP contribution in [0.5, 0.6) is 0 Å². The molecule has 2 aromatic carbocycles. The van der Waals surface area contributed by atoms with Gasteiger partial charge in [-0.15, -0.1) is 0 Å². The Morgan fingerprint density at radius 1 is 1.07 bits per heavy atom. The third-order valence-corrected chi connectivity index (χ3v) is 4.68. The summed E-state index contributed by atoms with van der Waals surface area (Å²) in [4.78, 5) is 26.0. The molecule has 0 atom stereocenters. The highest BCUT2D eigenvalue weighted by atomic mass is 16.5. The standard InChI is InChI=1S/C23H19NO4/c1-3-27-23(26)16-10-8-15(9-11-16)21-13-12-17(28-21)14-19-18-6-4-5-7-20(18)24(2)22(19)25/h4-14H,3H2,1-2H3/b19-14+. The van der Waals surface area contributed by atoms with E-state index in [4.69, 9.17) is 9.15 Å². The lowest BCUT2D eigenvalue weighted by atomic mass is 10.1. The van der Waals surface area contributed by atoms with Crippen molar-refractivity contribution in [1.82, 2.24) is 0 Å². The van der Waals surface area contributed by atoms with Gasteiger partial charge in [0.2, 0.25) is 0 Å². The molecule has 2 heterocycles. The molecule has 0 saturated heterocycles. The SMILES string of the molecule is CCOC(=O)c1ccc(-c2ccc(/C=C3/C(=O)N(C)c4ccccc43)o2)cc1. The topological polar surface area (TPSA) is 59.8 Å². The fourth-order valence-corrected chi connectivity index (χ4v) is 3.25. The molecule has 0 aliphatic carbocycles. The van der Waals surface area contributed by atoms with E-state index in [0.29, 0.717) is 29.3 Å². The number of furan rings is 1. The Hall–Kier alpha value is -3.60. The first kappa shape index (κ1) is 17.8. The molecule has 0 saturated carbocycles. The molecular formula is C23H19NO4. The van der Waals surface area contributed by atoms with Crippen molar-refractivity contribution in [2.75, 3.05) is 18.6 Å². The zero-order chi connectivity index (χ0) is 19.7. The quantitative estimate of drug-likeness (QED) is 0.494. The van der Waals surface area contributed by atoms with Crippen LogP contribution < -0.4 is 4.90 Å². The van der Waals surface area contributed by atoms with E-state index < -0.39 is 0 Å². The van der Waals surface area contributed by atoms with Gasteiger partial charge in [0.05, 0.1) is 23.4 Å². The minimum atomic E-state index is -0.346. The summed E-state index contributed by atoms with van der Waals surface area (Å²) < 4.78 is 10.9. The van der Waals surface area contributed by atoms with Crippen LogP contribution in [-0.4, -0.2) is 25.5 Å². The monoisotopic (exact) mass is 373 g/mol. The Kier molecular flexibility index (Phi) is 4.57. The Morgan fingerprint density at radius 2 is 1.82 bits per heavy atom. The van der Waals surface area contributed by atoms with E-state index >= 15 is 0 Å². The van der Waals surface area contributed by atoms with Crippen LogP contribution in [0.3, 0.4) is 0 Å². The number of carbonyl (C=O) groups is 2. The average Bonchev–Trinajstić information content (AvgIpc) is 3.28. The molecule has 0 radical (unpaired) electrons. The molecular weight excluding hydrogens is 354 g/mol. The molecule has 5 nitrogen and oxygen atoms in total. The zero-order valence-corrected chi connectivity index (χ0v) is 15.6. The van der Waals surface area contributed by atoms with Gasteiger partial charge in [-0.05, 0) is 43.3 Å². The van der Waals surface area contributed by atoms with Crippen LogP contribution in [0.15, 0.2) is 65.1 Å². The van der Waals surface area contributed by atoms with Crippen molar-refractivity contribution in [3.8, 4) is 11.3 Å². The predicted octanol–water partition coefficient (Wildman–Crippen LogP) is 4.64. The van der Waals surface area contributed by atoms with Gasteiger partial charge in [-0.1, -0.05) is 30.3 Å². The summed E-state index contributed by atoms with van der Waals surface area (Å²) in [7, 11) is 1.76. The van der Waals surface area contributed by atoms with Crippen molar-refractivity contribution in [2.24, 2.45) is 0 Å². The number of nitrogens with zero attached hydrogens (tertiary/aromatic N) is 1. The highest BCUT2D eigenvalue weighted by Gasteiger charge is 2.29. The molecule has 28 heavy (non-hydrogen) atoms. The molecule has 0 fully saturated rings. The number of benzene rings is 2. The second-order valence-electron chi connectivity index (χ2n) is 6.44. The summed E-state index contributed by atoms with van der Waals surface area (Å²) in [6, 6.07) is 18.4. The average molecular weight is 373 g/mol. The first-order valence-corrected chi connectivity index (χ1v) is 9.05. The zero-order valence-electron chi connectivity index (χ0n) is 15.6. The summed E-state index contributed by atoms with van der Waals surface area (Å²) in [5, 5.41) is 0. The summed E-state index contributed by atoms with van der Waals surface area (Å²) >= 11 is 0. The first-order valence-electron chi connectivity index (χ1n) is 9.05. The van der Waals surface area contributed by atoms with Gasteiger partial charge in [-0.25, -0.2) is 4.79 Å². The number of likely N-dealkylation sites (N-methyl/N-ethyl adjacent to an activating group) is 1. The van der Waals surface area contributed by atoms with E-state index in [-0.39, 0.29) is 11.9 Å². The Labute approximate surface area is 162 Å². The van der Waals surface area contributed by atoms with E-state index in [9.17, 15) is 9.59 Å². The third kappa shape index (κ3) is 3.11. The predicted molar refractivity (Wildman–Crippen MR) is 108 cm³/mol. The molecule has 5 heteroatoms. The van der Waals surface area contributed by atoms with Crippen LogP contribution in [0.1, 0.15) is 28.6 Å². The fraction of sp³-hybridized carbons (Fsp3) is 0.130. The van der Waals surface area contributed by atoms with Gasteiger partial charge in [0, 0.05) is 18.2 Å². The van der Waals surface area contributed by atoms with Crippen molar-refractivity contribution in [3.05, 3.63) is 77.6 Å². The van der Waals surface area contributed by atoms with Crippen molar-refractivity contribution < 1.29 is 18.7 Å². The highest BCUT2D eigenvalue weighted by Crippen LogP contribution is 2.37. The Morgan fingerprint density at radius 3 is 2.57 bits per heavy atom. The van der Waals surface area contributed by atoms with E-state index in [1.54, 1.807) is 37.1 Å². The van der Waals surface area contributed by atoms with Crippen LogP contribution in [0, 0.1) is 0 Å². The highest BCUT2D eigenvalue weighted by molar-refractivity contribution is 6.35. The molecule has 1 amide bonds.